The standard InChI is InChI=1S/C17H25N5O/c1-17(2,3)16-18-11-13-5-6-22(15(13)19-16)12-14(23)21-9-7-20(4)8-10-21/h5-6,11H,7-10,12H2,1-4H3. The summed E-state index contributed by atoms with van der Waals surface area (Å²) in [6.45, 7) is 10.1. The summed E-state index contributed by atoms with van der Waals surface area (Å²) in [5.41, 5.74) is 0.734. The van der Waals surface area contributed by atoms with Gasteiger partial charge in [0.05, 0.1) is 0 Å². The van der Waals surface area contributed by atoms with Gasteiger partial charge >= 0.3 is 0 Å². The van der Waals surface area contributed by atoms with Gasteiger partial charge in [-0.05, 0) is 13.1 Å². The van der Waals surface area contributed by atoms with Gasteiger partial charge in [0.15, 0.2) is 0 Å². The van der Waals surface area contributed by atoms with Gasteiger partial charge in [-0.25, -0.2) is 9.97 Å². The van der Waals surface area contributed by atoms with Gasteiger partial charge in [-0.3, -0.25) is 4.79 Å². The van der Waals surface area contributed by atoms with Crippen LogP contribution < -0.4 is 0 Å². The van der Waals surface area contributed by atoms with Crippen LogP contribution in [0.4, 0.5) is 0 Å². The Morgan fingerprint density at radius 3 is 2.57 bits per heavy atom. The minimum atomic E-state index is -0.106. The quantitative estimate of drug-likeness (QED) is 0.843. The van der Waals surface area contributed by atoms with Crippen molar-refractivity contribution in [3.05, 3.63) is 24.3 Å². The summed E-state index contributed by atoms with van der Waals surface area (Å²) >= 11 is 0. The smallest absolute Gasteiger partial charge is 0.242 e. The van der Waals surface area contributed by atoms with Crippen LogP contribution in [0, 0.1) is 0 Å². The van der Waals surface area contributed by atoms with Crippen molar-refractivity contribution in [2.75, 3.05) is 33.2 Å². The minimum absolute atomic E-state index is 0.106. The third-order valence-corrected chi connectivity index (χ3v) is 4.33. The number of rotatable bonds is 2. The van der Waals surface area contributed by atoms with E-state index in [1.165, 1.54) is 0 Å². The molecule has 6 heteroatoms. The lowest BCUT2D eigenvalue weighted by molar-refractivity contribution is -0.133. The zero-order chi connectivity index (χ0) is 16.6. The molecule has 2 aromatic rings. The molecule has 3 heterocycles. The van der Waals surface area contributed by atoms with Crippen molar-refractivity contribution in [3.8, 4) is 0 Å². The van der Waals surface area contributed by atoms with E-state index in [1.807, 2.05) is 27.9 Å². The van der Waals surface area contributed by atoms with E-state index in [4.69, 9.17) is 0 Å². The highest BCUT2D eigenvalue weighted by Gasteiger charge is 2.21. The van der Waals surface area contributed by atoms with Crippen molar-refractivity contribution in [2.45, 2.75) is 32.7 Å². The summed E-state index contributed by atoms with van der Waals surface area (Å²) in [6.07, 6.45) is 3.78. The number of carbonyl (C=O) groups excluding carboxylic acids is 1. The molecule has 0 unspecified atom stereocenters. The summed E-state index contributed by atoms with van der Waals surface area (Å²) in [4.78, 5) is 25.9. The molecular weight excluding hydrogens is 290 g/mol. The number of hydrogen-bond donors (Lipinski definition) is 0. The highest BCUT2D eigenvalue weighted by molar-refractivity contribution is 5.80. The van der Waals surface area contributed by atoms with Crippen LogP contribution >= 0.6 is 0 Å². The first-order valence-electron chi connectivity index (χ1n) is 8.13. The molecule has 1 saturated heterocycles. The molecule has 0 radical (unpaired) electrons. The fourth-order valence-electron chi connectivity index (χ4n) is 2.76. The first-order valence-corrected chi connectivity index (χ1v) is 8.13. The van der Waals surface area contributed by atoms with Crippen LogP contribution in [0.15, 0.2) is 18.5 Å². The number of fused-ring (bicyclic) bond motifs is 1. The minimum Gasteiger partial charge on any atom is -0.339 e. The zero-order valence-electron chi connectivity index (χ0n) is 14.4. The average molecular weight is 315 g/mol. The number of piperazine rings is 1. The Kier molecular flexibility index (Phi) is 4.10. The Hall–Kier alpha value is -1.95. The third kappa shape index (κ3) is 3.37. The van der Waals surface area contributed by atoms with Crippen molar-refractivity contribution in [1.29, 1.82) is 0 Å². The van der Waals surface area contributed by atoms with Crippen LogP contribution in [0.2, 0.25) is 0 Å². The average Bonchev–Trinajstić information content (AvgIpc) is 2.89. The van der Waals surface area contributed by atoms with Gasteiger partial charge in [0, 0.05) is 49.4 Å². The molecule has 124 valence electrons. The lowest BCUT2D eigenvalue weighted by Crippen LogP contribution is -2.48. The Balaban J connectivity index is 1.81. The summed E-state index contributed by atoms with van der Waals surface area (Å²) in [6, 6.07) is 1.97. The fraction of sp³-hybridized carbons (Fsp3) is 0.588. The molecule has 1 aliphatic rings. The number of carbonyl (C=O) groups is 1. The van der Waals surface area contributed by atoms with Gasteiger partial charge in [-0.2, -0.15) is 0 Å². The maximum absolute atomic E-state index is 12.5. The highest BCUT2D eigenvalue weighted by atomic mass is 16.2. The van der Waals surface area contributed by atoms with Crippen LogP contribution in [-0.2, 0) is 16.8 Å². The predicted molar refractivity (Wildman–Crippen MR) is 90.3 cm³/mol. The van der Waals surface area contributed by atoms with Crippen molar-refractivity contribution in [3.63, 3.8) is 0 Å². The van der Waals surface area contributed by atoms with Gasteiger partial charge in [0.1, 0.15) is 18.0 Å². The monoisotopic (exact) mass is 315 g/mol. The molecule has 2 aromatic heterocycles. The van der Waals surface area contributed by atoms with Crippen molar-refractivity contribution in [2.24, 2.45) is 0 Å². The SMILES string of the molecule is CN1CCN(C(=O)Cn2ccc3cnc(C(C)(C)C)nc32)CC1. The number of aromatic nitrogens is 3. The number of nitrogens with zero attached hydrogens (tertiary/aromatic N) is 5. The lowest BCUT2D eigenvalue weighted by Gasteiger charge is -2.32. The van der Waals surface area contributed by atoms with E-state index in [2.05, 4.69) is 42.7 Å². The van der Waals surface area contributed by atoms with Crippen LogP contribution in [-0.4, -0.2) is 63.5 Å². The second-order valence-corrected chi connectivity index (χ2v) is 7.35. The van der Waals surface area contributed by atoms with Crippen LogP contribution in [0.1, 0.15) is 26.6 Å². The summed E-state index contributed by atoms with van der Waals surface area (Å²) in [5.74, 6) is 0.962. The Labute approximate surface area is 137 Å². The molecule has 0 aliphatic carbocycles. The normalized spacial score (nSPS) is 17.0. The molecule has 0 spiro atoms. The van der Waals surface area contributed by atoms with Gasteiger partial charge in [-0.1, -0.05) is 20.8 Å². The van der Waals surface area contributed by atoms with E-state index in [9.17, 15) is 4.79 Å². The van der Waals surface area contributed by atoms with E-state index in [0.717, 1.165) is 43.0 Å². The topological polar surface area (TPSA) is 54.3 Å². The molecule has 6 nitrogen and oxygen atoms in total. The van der Waals surface area contributed by atoms with E-state index in [0.29, 0.717) is 6.54 Å². The Bertz CT molecular complexity index is 707. The summed E-state index contributed by atoms with van der Waals surface area (Å²) in [5, 5.41) is 0.976. The van der Waals surface area contributed by atoms with Gasteiger partial charge in [0.25, 0.3) is 0 Å². The molecule has 0 N–H and O–H groups in total. The number of amides is 1. The van der Waals surface area contributed by atoms with Gasteiger partial charge in [0.2, 0.25) is 5.91 Å². The molecule has 1 amide bonds. The highest BCUT2D eigenvalue weighted by Crippen LogP contribution is 2.21. The van der Waals surface area contributed by atoms with E-state index >= 15 is 0 Å². The van der Waals surface area contributed by atoms with Gasteiger partial charge < -0.3 is 14.4 Å². The van der Waals surface area contributed by atoms with Crippen molar-refractivity contribution >= 4 is 16.9 Å². The second kappa shape index (κ2) is 5.92. The predicted octanol–water partition coefficient (Wildman–Crippen LogP) is 1.50. The molecule has 0 bridgehead atoms. The zero-order valence-corrected chi connectivity index (χ0v) is 14.4. The Morgan fingerprint density at radius 1 is 1.22 bits per heavy atom. The molecule has 0 saturated carbocycles. The third-order valence-electron chi connectivity index (χ3n) is 4.33. The van der Waals surface area contributed by atoms with E-state index < -0.39 is 0 Å². The first-order chi connectivity index (χ1) is 10.8. The maximum atomic E-state index is 12.5. The Morgan fingerprint density at radius 2 is 1.91 bits per heavy atom. The summed E-state index contributed by atoms with van der Waals surface area (Å²) < 4.78 is 1.94. The lowest BCUT2D eigenvalue weighted by atomic mass is 9.96. The number of hydrogen-bond acceptors (Lipinski definition) is 4. The first kappa shape index (κ1) is 15.9. The van der Waals surface area contributed by atoms with Crippen LogP contribution in [0.3, 0.4) is 0 Å². The maximum Gasteiger partial charge on any atom is 0.242 e. The molecule has 1 aliphatic heterocycles. The second-order valence-electron chi connectivity index (χ2n) is 7.35. The largest absolute Gasteiger partial charge is 0.339 e. The van der Waals surface area contributed by atoms with Crippen LogP contribution in [0.25, 0.3) is 11.0 Å². The van der Waals surface area contributed by atoms with E-state index in [1.54, 1.807) is 0 Å². The summed E-state index contributed by atoms with van der Waals surface area (Å²) in [7, 11) is 2.09. The molecule has 23 heavy (non-hydrogen) atoms. The fourth-order valence-corrected chi connectivity index (χ4v) is 2.76. The van der Waals surface area contributed by atoms with Gasteiger partial charge in [-0.15, -0.1) is 0 Å². The number of likely N-dealkylation sites (N-methyl/N-ethyl adjacent to an activating group) is 1. The molecule has 3 rings (SSSR count). The molecule has 0 aromatic carbocycles. The molecule has 0 atom stereocenters. The van der Waals surface area contributed by atoms with Crippen LogP contribution in [0.5, 0.6) is 0 Å². The van der Waals surface area contributed by atoms with E-state index in [-0.39, 0.29) is 11.3 Å². The van der Waals surface area contributed by atoms with Crippen molar-refractivity contribution < 1.29 is 4.79 Å². The van der Waals surface area contributed by atoms with Crippen molar-refractivity contribution in [1.82, 2.24) is 24.3 Å². The molecule has 1 fully saturated rings. The molecular formula is C17H25N5O.